The van der Waals surface area contributed by atoms with Gasteiger partial charge in [-0.05, 0) is 31.5 Å². The quantitative estimate of drug-likeness (QED) is 0.889. The number of benzene rings is 1. The van der Waals surface area contributed by atoms with Crippen LogP contribution in [-0.2, 0) is 12.8 Å². The number of hydrogen-bond acceptors (Lipinski definition) is 3. The molecule has 96 valence electrons. The molecule has 0 spiro atoms. The number of hydrogen-bond donors (Lipinski definition) is 1. The van der Waals surface area contributed by atoms with Gasteiger partial charge in [-0.1, -0.05) is 31.2 Å². The molecule has 0 radical (unpaired) electrons. The minimum atomic E-state index is 0.349. The second-order valence-corrected chi connectivity index (χ2v) is 5.47. The van der Waals surface area contributed by atoms with E-state index in [2.05, 4.69) is 46.9 Å². The molecule has 1 aromatic carbocycles. The molecule has 0 bridgehead atoms. The summed E-state index contributed by atoms with van der Waals surface area (Å²) in [6.45, 7) is 4.24. The first-order valence-electron chi connectivity index (χ1n) is 6.40. The maximum atomic E-state index is 4.55. The monoisotopic (exact) mass is 260 g/mol. The summed E-state index contributed by atoms with van der Waals surface area (Å²) >= 11 is 1.75. The summed E-state index contributed by atoms with van der Waals surface area (Å²) in [4.78, 5) is 4.55. The average molecular weight is 260 g/mol. The number of aryl methyl sites for hydroxylation is 2. The summed E-state index contributed by atoms with van der Waals surface area (Å²) < 4.78 is 0. The molecule has 1 aromatic heterocycles. The third-order valence-corrected chi connectivity index (χ3v) is 4.14. The molecule has 0 aliphatic heterocycles. The Hall–Kier alpha value is -1.19. The predicted octanol–water partition coefficient (Wildman–Crippen LogP) is 3.52. The summed E-state index contributed by atoms with van der Waals surface area (Å²) in [5, 5.41) is 6.71. The van der Waals surface area contributed by atoms with Crippen LogP contribution >= 0.6 is 11.3 Å². The van der Waals surface area contributed by atoms with Crippen molar-refractivity contribution in [3.63, 3.8) is 0 Å². The van der Waals surface area contributed by atoms with E-state index in [0.717, 1.165) is 18.5 Å². The molecule has 0 aliphatic carbocycles. The van der Waals surface area contributed by atoms with Crippen LogP contribution in [0.3, 0.4) is 0 Å². The van der Waals surface area contributed by atoms with Crippen LogP contribution in [-0.4, -0.2) is 12.0 Å². The fourth-order valence-electron chi connectivity index (χ4n) is 2.09. The zero-order valence-corrected chi connectivity index (χ0v) is 12.1. The SMILES string of the molecule is CCc1cccc(C(Cc2nc(C)cs2)NC)c1. The molecular formula is C15H20N2S. The lowest BCUT2D eigenvalue weighted by atomic mass is 10.0. The van der Waals surface area contributed by atoms with Crippen molar-refractivity contribution in [3.8, 4) is 0 Å². The normalized spacial score (nSPS) is 12.6. The van der Waals surface area contributed by atoms with Gasteiger partial charge in [0.25, 0.3) is 0 Å². The molecule has 0 amide bonds. The van der Waals surface area contributed by atoms with Gasteiger partial charge in [0.2, 0.25) is 0 Å². The van der Waals surface area contributed by atoms with Gasteiger partial charge in [0.1, 0.15) is 0 Å². The van der Waals surface area contributed by atoms with E-state index in [1.807, 2.05) is 14.0 Å². The molecular weight excluding hydrogens is 240 g/mol. The van der Waals surface area contributed by atoms with E-state index in [4.69, 9.17) is 0 Å². The third-order valence-electron chi connectivity index (χ3n) is 3.16. The Bertz CT molecular complexity index is 505. The molecule has 18 heavy (non-hydrogen) atoms. The van der Waals surface area contributed by atoms with Gasteiger partial charge < -0.3 is 5.32 Å². The Kier molecular flexibility index (Phi) is 4.50. The van der Waals surface area contributed by atoms with Gasteiger partial charge in [-0.3, -0.25) is 0 Å². The molecule has 1 N–H and O–H groups in total. The van der Waals surface area contributed by atoms with E-state index in [1.54, 1.807) is 11.3 Å². The Labute approximate surface area is 113 Å². The van der Waals surface area contributed by atoms with Crippen LogP contribution in [0.2, 0.25) is 0 Å². The van der Waals surface area contributed by atoms with Crippen molar-refractivity contribution in [1.29, 1.82) is 0 Å². The van der Waals surface area contributed by atoms with Crippen molar-refractivity contribution in [1.82, 2.24) is 10.3 Å². The number of thiazole rings is 1. The highest BCUT2D eigenvalue weighted by molar-refractivity contribution is 7.09. The Morgan fingerprint density at radius 3 is 2.83 bits per heavy atom. The molecule has 2 aromatic rings. The van der Waals surface area contributed by atoms with Crippen LogP contribution in [0.25, 0.3) is 0 Å². The zero-order valence-electron chi connectivity index (χ0n) is 11.2. The molecule has 1 atom stereocenters. The second kappa shape index (κ2) is 6.12. The van der Waals surface area contributed by atoms with Crippen LogP contribution in [0, 0.1) is 6.92 Å². The van der Waals surface area contributed by atoms with E-state index < -0.39 is 0 Å². The summed E-state index contributed by atoms with van der Waals surface area (Å²) in [6.07, 6.45) is 2.04. The van der Waals surface area contributed by atoms with Gasteiger partial charge in [0.05, 0.1) is 5.01 Å². The number of likely N-dealkylation sites (N-methyl/N-ethyl adjacent to an activating group) is 1. The average Bonchev–Trinajstić information content (AvgIpc) is 2.81. The Morgan fingerprint density at radius 1 is 1.39 bits per heavy atom. The molecule has 0 saturated carbocycles. The van der Waals surface area contributed by atoms with Crippen LogP contribution < -0.4 is 5.32 Å². The number of nitrogens with one attached hydrogen (secondary N) is 1. The highest BCUT2D eigenvalue weighted by Crippen LogP contribution is 2.21. The Morgan fingerprint density at radius 2 is 2.22 bits per heavy atom. The predicted molar refractivity (Wildman–Crippen MR) is 78.2 cm³/mol. The fraction of sp³-hybridized carbons (Fsp3) is 0.400. The van der Waals surface area contributed by atoms with Gasteiger partial charge >= 0.3 is 0 Å². The lowest BCUT2D eigenvalue weighted by Gasteiger charge is -2.16. The summed E-state index contributed by atoms with van der Waals surface area (Å²) in [6, 6.07) is 9.17. The summed E-state index contributed by atoms with van der Waals surface area (Å²) in [7, 11) is 2.02. The van der Waals surface area contributed by atoms with Crippen molar-refractivity contribution in [2.24, 2.45) is 0 Å². The van der Waals surface area contributed by atoms with E-state index >= 15 is 0 Å². The van der Waals surface area contributed by atoms with Crippen molar-refractivity contribution in [2.45, 2.75) is 32.7 Å². The topological polar surface area (TPSA) is 24.9 Å². The van der Waals surface area contributed by atoms with Crippen LogP contribution in [0.5, 0.6) is 0 Å². The van der Waals surface area contributed by atoms with Gasteiger partial charge in [-0.15, -0.1) is 11.3 Å². The van der Waals surface area contributed by atoms with E-state index in [0.29, 0.717) is 6.04 Å². The van der Waals surface area contributed by atoms with Crippen LogP contribution in [0.4, 0.5) is 0 Å². The molecule has 1 heterocycles. The molecule has 0 fully saturated rings. The third kappa shape index (κ3) is 3.18. The van der Waals surface area contributed by atoms with E-state index in [9.17, 15) is 0 Å². The first kappa shape index (κ1) is 13.2. The molecule has 0 aliphatic rings. The van der Waals surface area contributed by atoms with Gasteiger partial charge in [0, 0.05) is 23.5 Å². The van der Waals surface area contributed by atoms with E-state index in [-0.39, 0.29) is 0 Å². The van der Waals surface area contributed by atoms with Gasteiger partial charge in [-0.2, -0.15) is 0 Å². The molecule has 1 unspecified atom stereocenters. The fourth-order valence-corrected chi connectivity index (χ4v) is 2.91. The minimum absolute atomic E-state index is 0.349. The van der Waals surface area contributed by atoms with Gasteiger partial charge in [-0.25, -0.2) is 4.98 Å². The van der Waals surface area contributed by atoms with Crippen molar-refractivity contribution < 1.29 is 0 Å². The lowest BCUT2D eigenvalue weighted by molar-refractivity contribution is 0.589. The minimum Gasteiger partial charge on any atom is -0.313 e. The zero-order chi connectivity index (χ0) is 13.0. The van der Waals surface area contributed by atoms with Gasteiger partial charge in [0.15, 0.2) is 0 Å². The first-order chi connectivity index (χ1) is 8.72. The largest absolute Gasteiger partial charge is 0.313 e. The number of rotatable bonds is 5. The van der Waals surface area contributed by atoms with Crippen LogP contribution in [0.1, 0.15) is 34.8 Å². The molecule has 2 nitrogen and oxygen atoms in total. The van der Waals surface area contributed by atoms with Crippen molar-refractivity contribution in [3.05, 3.63) is 51.5 Å². The number of aromatic nitrogens is 1. The van der Waals surface area contributed by atoms with E-state index in [1.165, 1.54) is 16.1 Å². The Balaban J connectivity index is 2.17. The number of nitrogens with zero attached hydrogens (tertiary/aromatic N) is 1. The summed E-state index contributed by atoms with van der Waals surface area (Å²) in [5.41, 5.74) is 3.86. The highest BCUT2D eigenvalue weighted by atomic mass is 32.1. The standard InChI is InChI=1S/C15H20N2S/c1-4-12-6-5-7-13(8-12)14(16-3)9-15-17-11(2)10-18-15/h5-8,10,14,16H,4,9H2,1-3H3. The summed E-state index contributed by atoms with van der Waals surface area (Å²) in [5.74, 6) is 0. The smallest absolute Gasteiger partial charge is 0.0947 e. The molecule has 2 rings (SSSR count). The first-order valence-corrected chi connectivity index (χ1v) is 7.28. The molecule has 0 saturated heterocycles. The molecule has 3 heteroatoms. The maximum absolute atomic E-state index is 4.55. The van der Waals surface area contributed by atoms with Crippen LogP contribution in [0.15, 0.2) is 29.6 Å². The van der Waals surface area contributed by atoms with Crippen molar-refractivity contribution >= 4 is 11.3 Å². The lowest BCUT2D eigenvalue weighted by Crippen LogP contribution is -2.18. The maximum Gasteiger partial charge on any atom is 0.0947 e. The second-order valence-electron chi connectivity index (χ2n) is 4.53. The highest BCUT2D eigenvalue weighted by Gasteiger charge is 2.12. The van der Waals surface area contributed by atoms with Crippen molar-refractivity contribution in [2.75, 3.05) is 7.05 Å².